The Balaban J connectivity index is 1.37. The number of fused-ring (bicyclic) bond motifs is 4. The van der Waals surface area contributed by atoms with E-state index in [-0.39, 0.29) is 0 Å². The first kappa shape index (κ1) is 25.7. The third-order valence-corrected chi connectivity index (χ3v) is 16.3. The van der Waals surface area contributed by atoms with E-state index in [1.807, 2.05) is 5.57 Å². The minimum atomic E-state index is 0.398. The fraction of sp³-hybridized carbons (Fsp3) is 0.850. The molecule has 0 radical (unpaired) electrons. The molecule has 0 heterocycles. The van der Waals surface area contributed by atoms with E-state index < -0.39 is 0 Å². The molecule has 0 aliphatic heterocycles. The van der Waals surface area contributed by atoms with Gasteiger partial charge in [0.2, 0.25) is 0 Å². The minimum absolute atomic E-state index is 0.398. The summed E-state index contributed by atoms with van der Waals surface area (Å²) in [5.74, 6) is 6.98. The molecule has 4 unspecified atom stereocenters. The second-order valence-electron chi connectivity index (χ2n) is 17.5. The fourth-order valence-corrected chi connectivity index (χ4v) is 16.0. The second kappa shape index (κ2) is 9.36. The summed E-state index contributed by atoms with van der Waals surface area (Å²) in [4.78, 5) is 0. The van der Waals surface area contributed by atoms with Gasteiger partial charge in [0.15, 0.2) is 0 Å². The van der Waals surface area contributed by atoms with Crippen LogP contribution in [0.3, 0.4) is 0 Å². The van der Waals surface area contributed by atoms with Crippen LogP contribution in [0.4, 0.5) is 0 Å². The van der Waals surface area contributed by atoms with Crippen molar-refractivity contribution in [2.24, 2.45) is 63.1 Å². The van der Waals surface area contributed by atoms with Crippen LogP contribution in [0.25, 0.3) is 0 Å². The summed E-state index contributed by atoms with van der Waals surface area (Å²) >= 11 is 0. The lowest BCUT2D eigenvalue weighted by Crippen LogP contribution is -2.74. The lowest BCUT2D eigenvalue weighted by atomic mass is 9.23. The van der Waals surface area contributed by atoms with Gasteiger partial charge in [-0.25, -0.2) is 0 Å². The summed E-state index contributed by atoms with van der Waals surface area (Å²) in [6.07, 6.45) is 49.3. The highest BCUT2D eigenvalue weighted by molar-refractivity contribution is 5.38. The Kier molecular flexibility index (Phi) is 6.01. The molecular weight excluding hydrogens is 480 g/mol. The Hall–Kier alpha value is -0.780. The molecule has 0 amide bonds. The fourth-order valence-electron chi connectivity index (χ4n) is 16.0. The topological polar surface area (TPSA) is 0 Å². The van der Waals surface area contributed by atoms with Crippen LogP contribution in [0.2, 0.25) is 0 Å². The van der Waals surface area contributed by atoms with Crippen molar-refractivity contribution in [2.45, 2.75) is 148 Å². The van der Waals surface area contributed by atoms with E-state index in [2.05, 4.69) is 30.4 Å². The molecular formula is C40H58. The molecule has 0 saturated heterocycles. The number of hydrogen-bond donors (Lipinski definition) is 0. The molecule has 4 atom stereocenters. The molecule has 0 aromatic carbocycles. The Morgan fingerprint density at radius 2 is 1.27 bits per heavy atom. The molecule has 0 aromatic rings. The predicted molar refractivity (Wildman–Crippen MR) is 167 cm³/mol. The highest BCUT2D eigenvalue weighted by atomic mass is 14.8. The lowest BCUT2D eigenvalue weighted by Gasteiger charge is -2.81. The van der Waals surface area contributed by atoms with Gasteiger partial charge in [-0.15, -0.1) is 0 Å². The van der Waals surface area contributed by atoms with Crippen molar-refractivity contribution in [3.8, 4) is 0 Å². The van der Waals surface area contributed by atoms with Gasteiger partial charge < -0.3 is 0 Å². The monoisotopic (exact) mass is 538 g/mol. The van der Waals surface area contributed by atoms with Crippen LogP contribution in [-0.4, -0.2) is 0 Å². The van der Waals surface area contributed by atoms with Gasteiger partial charge in [-0.05, 0) is 180 Å². The molecule has 40 heavy (non-hydrogen) atoms. The lowest BCUT2D eigenvalue weighted by molar-refractivity contribution is -0.311. The van der Waals surface area contributed by atoms with Crippen LogP contribution in [0.1, 0.15) is 148 Å². The first-order valence-electron chi connectivity index (χ1n) is 18.7. The van der Waals surface area contributed by atoms with Crippen LogP contribution in [0, 0.1) is 63.1 Å². The van der Waals surface area contributed by atoms with Gasteiger partial charge in [0.1, 0.15) is 0 Å². The second-order valence-corrected chi connectivity index (χ2v) is 17.5. The number of hydrogen-bond acceptors (Lipinski definition) is 0. The molecule has 11 rings (SSSR count). The maximum atomic E-state index is 2.92. The summed E-state index contributed by atoms with van der Waals surface area (Å²) in [5, 5.41) is 0. The maximum absolute atomic E-state index is 2.92. The van der Waals surface area contributed by atoms with E-state index in [9.17, 15) is 0 Å². The van der Waals surface area contributed by atoms with E-state index in [1.165, 1.54) is 44.9 Å². The van der Waals surface area contributed by atoms with Gasteiger partial charge in [-0.2, -0.15) is 0 Å². The summed E-state index contributed by atoms with van der Waals surface area (Å²) in [7, 11) is 0. The first-order chi connectivity index (χ1) is 19.7. The van der Waals surface area contributed by atoms with Gasteiger partial charge in [0.05, 0.1) is 0 Å². The van der Waals surface area contributed by atoms with Gasteiger partial charge in [0.25, 0.3) is 0 Å². The zero-order valence-electron chi connectivity index (χ0n) is 25.7. The molecule has 11 aliphatic carbocycles. The van der Waals surface area contributed by atoms with Gasteiger partial charge in [0, 0.05) is 11.3 Å². The van der Waals surface area contributed by atoms with Crippen molar-refractivity contribution in [3.05, 3.63) is 36.0 Å². The minimum Gasteiger partial charge on any atom is -0.0847 e. The van der Waals surface area contributed by atoms with Crippen LogP contribution >= 0.6 is 0 Å². The number of allylic oxidation sites excluding steroid dienone is 6. The molecule has 0 aromatic heterocycles. The van der Waals surface area contributed by atoms with E-state index in [1.54, 1.807) is 103 Å². The average Bonchev–Trinajstić information content (AvgIpc) is 3.01. The zero-order valence-corrected chi connectivity index (χ0v) is 25.7. The molecule has 6 bridgehead atoms. The van der Waals surface area contributed by atoms with E-state index >= 15 is 0 Å². The van der Waals surface area contributed by atoms with Crippen LogP contribution in [0.5, 0.6) is 0 Å². The van der Waals surface area contributed by atoms with Crippen molar-refractivity contribution in [1.29, 1.82) is 0 Å². The van der Waals surface area contributed by atoms with Gasteiger partial charge >= 0.3 is 0 Å². The van der Waals surface area contributed by atoms with Crippen molar-refractivity contribution < 1.29 is 0 Å². The average molecular weight is 539 g/mol. The quantitative estimate of drug-likeness (QED) is 0.312. The Morgan fingerprint density at radius 1 is 0.600 bits per heavy atom. The molecule has 0 nitrogen and oxygen atoms in total. The molecule has 9 saturated carbocycles. The van der Waals surface area contributed by atoms with E-state index in [4.69, 9.17) is 0 Å². The maximum Gasteiger partial charge on any atom is 0.00790 e. The summed E-state index contributed by atoms with van der Waals surface area (Å²) < 4.78 is 0. The largest absolute Gasteiger partial charge is 0.0847 e. The number of rotatable bonds is 4. The molecule has 0 heteroatoms. The van der Waals surface area contributed by atoms with Crippen LogP contribution in [0.15, 0.2) is 36.0 Å². The normalized spacial score (nSPS) is 53.5. The van der Waals surface area contributed by atoms with Crippen molar-refractivity contribution >= 4 is 0 Å². The Bertz CT molecular complexity index is 1020. The standard InChI is InChI=1S/C40H58/c1-3-10-34(11-4-1)39(35-12-5-2-6-13-35)22-18-33-9-7-8-14-36(33)40(39,37-19-15-29(16-20-37)17-21-37)38-26-30-23-31(27-38)25-32(24-30)28-38/h3-4,10-12,29-34,36H,1-2,5-9,13-28H2. The highest BCUT2D eigenvalue weighted by Gasteiger charge is 2.78. The third kappa shape index (κ3) is 3.27. The molecule has 218 valence electrons. The Labute approximate surface area is 246 Å². The summed E-state index contributed by atoms with van der Waals surface area (Å²) in [6.45, 7) is 0. The summed E-state index contributed by atoms with van der Waals surface area (Å²) in [6, 6.07) is 0. The predicted octanol–water partition coefficient (Wildman–Crippen LogP) is 11.4. The van der Waals surface area contributed by atoms with Crippen LogP contribution in [-0.2, 0) is 0 Å². The SMILES string of the molecule is C1=CC(C2(C3=CCCCC3)CCC3CCCCC3C2(C23CCC(CC2)CC3)C23CC4CC(CC(C4)C2)C3)C=CC1. The van der Waals surface area contributed by atoms with Crippen molar-refractivity contribution in [2.75, 3.05) is 0 Å². The first-order valence-corrected chi connectivity index (χ1v) is 18.7. The van der Waals surface area contributed by atoms with Gasteiger partial charge in [-0.1, -0.05) is 55.2 Å². The highest BCUT2D eigenvalue weighted by Crippen LogP contribution is 2.86. The van der Waals surface area contributed by atoms with Crippen molar-refractivity contribution in [1.82, 2.24) is 0 Å². The van der Waals surface area contributed by atoms with E-state index in [0.29, 0.717) is 27.6 Å². The zero-order chi connectivity index (χ0) is 26.4. The van der Waals surface area contributed by atoms with Gasteiger partial charge in [-0.3, -0.25) is 0 Å². The molecule has 11 aliphatic rings. The smallest absolute Gasteiger partial charge is 0.00790 e. The van der Waals surface area contributed by atoms with Crippen LogP contribution < -0.4 is 0 Å². The van der Waals surface area contributed by atoms with Crippen molar-refractivity contribution in [3.63, 3.8) is 0 Å². The molecule has 0 N–H and O–H groups in total. The molecule has 0 spiro atoms. The van der Waals surface area contributed by atoms with E-state index in [0.717, 1.165) is 35.5 Å². The third-order valence-electron chi connectivity index (χ3n) is 16.3. The molecule has 9 fully saturated rings. The summed E-state index contributed by atoms with van der Waals surface area (Å²) in [5.41, 5.74) is 4.21. The Morgan fingerprint density at radius 3 is 1.93 bits per heavy atom.